The Bertz CT molecular complexity index is 954. The SMILES string of the molecule is CCCCCCCCCCCCCC(=O)NN=Cc1c2ccccc2cc2ccccc12. The molecule has 0 radical (unpaired) electrons. The fraction of sp³-hybridized carbons (Fsp3) is 0.448. The minimum atomic E-state index is 0.00159. The third-order valence-electron chi connectivity index (χ3n) is 6.20. The molecule has 32 heavy (non-hydrogen) atoms. The van der Waals surface area contributed by atoms with Gasteiger partial charge < -0.3 is 0 Å². The van der Waals surface area contributed by atoms with Crippen molar-refractivity contribution < 1.29 is 4.79 Å². The molecule has 0 fully saturated rings. The van der Waals surface area contributed by atoms with Gasteiger partial charge in [0, 0.05) is 12.0 Å². The van der Waals surface area contributed by atoms with Crippen LogP contribution in [0.3, 0.4) is 0 Å². The van der Waals surface area contributed by atoms with Gasteiger partial charge in [0.1, 0.15) is 0 Å². The summed E-state index contributed by atoms with van der Waals surface area (Å²) in [4.78, 5) is 12.2. The van der Waals surface area contributed by atoms with Crippen LogP contribution in [0.4, 0.5) is 0 Å². The lowest BCUT2D eigenvalue weighted by atomic mass is 9.97. The van der Waals surface area contributed by atoms with Gasteiger partial charge in [0.15, 0.2) is 0 Å². The maximum Gasteiger partial charge on any atom is 0.240 e. The van der Waals surface area contributed by atoms with Crippen LogP contribution in [0.2, 0.25) is 0 Å². The number of carbonyl (C=O) groups excluding carboxylic acids is 1. The van der Waals surface area contributed by atoms with Crippen molar-refractivity contribution in [3.8, 4) is 0 Å². The zero-order chi connectivity index (χ0) is 22.4. The number of benzene rings is 3. The maximum atomic E-state index is 12.2. The van der Waals surface area contributed by atoms with Crippen LogP contribution in [-0.2, 0) is 4.79 Å². The van der Waals surface area contributed by atoms with E-state index in [2.05, 4.69) is 47.8 Å². The molecule has 0 aromatic heterocycles. The van der Waals surface area contributed by atoms with Crippen molar-refractivity contribution >= 4 is 33.7 Å². The molecule has 1 amide bonds. The first-order chi connectivity index (χ1) is 15.8. The number of hydrogen-bond donors (Lipinski definition) is 1. The summed E-state index contributed by atoms with van der Waals surface area (Å²) in [5.74, 6) is 0.00159. The molecule has 0 bridgehead atoms. The fourth-order valence-electron chi connectivity index (χ4n) is 4.36. The first-order valence-corrected chi connectivity index (χ1v) is 12.5. The van der Waals surface area contributed by atoms with E-state index in [1.807, 2.05) is 24.3 Å². The van der Waals surface area contributed by atoms with Crippen LogP contribution in [0, 0.1) is 0 Å². The highest BCUT2D eigenvalue weighted by atomic mass is 16.2. The number of rotatable bonds is 14. The molecule has 0 unspecified atom stereocenters. The lowest BCUT2D eigenvalue weighted by molar-refractivity contribution is -0.121. The average molecular weight is 431 g/mol. The molecule has 1 N–H and O–H groups in total. The molecule has 0 saturated carbocycles. The highest BCUT2D eigenvalue weighted by molar-refractivity contribution is 6.13. The molecule has 3 aromatic rings. The van der Waals surface area contributed by atoms with Crippen molar-refractivity contribution in [1.29, 1.82) is 0 Å². The number of amides is 1. The average Bonchev–Trinajstić information content (AvgIpc) is 2.82. The van der Waals surface area contributed by atoms with Crippen molar-refractivity contribution in [1.82, 2.24) is 5.43 Å². The predicted octanol–water partition coefficient (Wildman–Crippen LogP) is 8.14. The Morgan fingerprint density at radius 1 is 0.750 bits per heavy atom. The second kappa shape index (κ2) is 13.7. The van der Waals surface area contributed by atoms with Gasteiger partial charge in [-0.05, 0) is 34.0 Å². The topological polar surface area (TPSA) is 41.5 Å². The third-order valence-corrected chi connectivity index (χ3v) is 6.20. The van der Waals surface area contributed by atoms with Crippen LogP contribution >= 0.6 is 0 Å². The lowest BCUT2D eigenvalue weighted by Gasteiger charge is -2.08. The minimum Gasteiger partial charge on any atom is -0.273 e. The first-order valence-electron chi connectivity index (χ1n) is 12.5. The first kappa shape index (κ1) is 24.0. The summed E-state index contributed by atoms with van der Waals surface area (Å²) in [7, 11) is 0. The zero-order valence-electron chi connectivity index (χ0n) is 19.6. The number of nitrogens with zero attached hydrogens (tertiary/aromatic N) is 1. The number of hydrazone groups is 1. The summed E-state index contributed by atoms with van der Waals surface area (Å²) in [6.07, 6.45) is 16.5. The summed E-state index contributed by atoms with van der Waals surface area (Å²) in [5, 5.41) is 8.94. The monoisotopic (exact) mass is 430 g/mol. The largest absolute Gasteiger partial charge is 0.273 e. The normalized spacial score (nSPS) is 11.5. The number of nitrogens with one attached hydrogen (secondary N) is 1. The van der Waals surface area contributed by atoms with Crippen molar-refractivity contribution in [3.63, 3.8) is 0 Å². The van der Waals surface area contributed by atoms with Gasteiger partial charge in [-0.15, -0.1) is 0 Å². The molecule has 0 saturated heterocycles. The maximum absolute atomic E-state index is 12.2. The number of hydrogen-bond acceptors (Lipinski definition) is 2. The molecule has 3 nitrogen and oxygen atoms in total. The van der Waals surface area contributed by atoms with Crippen LogP contribution in [-0.4, -0.2) is 12.1 Å². The van der Waals surface area contributed by atoms with Gasteiger partial charge >= 0.3 is 0 Å². The van der Waals surface area contributed by atoms with E-state index in [4.69, 9.17) is 0 Å². The molecule has 3 rings (SSSR count). The number of carbonyl (C=O) groups is 1. The summed E-state index contributed by atoms with van der Waals surface area (Å²) in [6, 6.07) is 18.8. The third kappa shape index (κ3) is 7.47. The fourth-order valence-corrected chi connectivity index (χ4v) is 4.36. The summed E-state index contributed by atoms with van der Waals surface area (Å²) in [6.45, 7) is 2.26. The van der Waals surface area contributed by atoms with Crippen molar-refractivity contribution in [2.75, 3.05) is 0 Å². The molecule has 170 valence electrons. The molecular weight excluding hydrogens is 392 g/mol. The Labute approximate surface area is 193 Å². The van der Waals surface area contributed by atoms with E-state index in [1.165, 1.54) is 68.6 Å². The van der Waals surface area contributed by atoms with Gasteiger partial charge in [-0.1, -0.05) is 120 Å². The van der Waals surface area contributed by atoms with Crippen molar-refractivity contribution in [2.45, 2.75) is 84.0 Å². The second-order valence-electron chi connectivity index (χ2n) is 8.81. The summed E-state index contributed by atoms with van der Waals surface area (Å²) < 4.78 is 0. The minimum absolute atomic E-state index is 0.00159. The Morgan fingerprint density at radius 3 is 1.81 bits per heavy atom. The lowest BCUT2D eigenvalue weighted by Crippen LogP contribution is -2.16. The molecule has 3 heteroatoms. The Morgan fingerprint density at radius 2 is 1.25 bits per heavy atom. The van der Waals surface area contributed by atoms with E-state index in [1.54, 1.807) is 6.21 Å². The van der Waals surface area contributed by atoms with Gasteiger partial charge in [-0.25, -0.2) is 5.43 Å². The molecule has 0 spiro atoms. The zero-order valence-corrected chi connectivity index (χ0v) is 19.6. The van der Waals surface area contributed by atoms with Crippen LogP contribution in [0.15, 0.2) is 59.7 Å². The smallest absolute Gasteiger partial charge is 0.240 e. The van der Waals surface area contributed by atoms with Crippen LogP contribution in [0.5, 0.6) is 0 Å². The highest BCUT2D eigenvalue weighted by Crippen LogP contribution is 2.27. The Kier molecular flexibility index (Phi) is 10.2. The molecule has 3 aromatic carbocycles. The van der Waals surface area contributed by atoms with Gasteiger partial charge in [0.2, 0.25) is 5.91 Å². The van der Waals surface area contributed by atoms with Crippen molar-refractivity contribution in [2.24, 2.45) is 5.10 Å². The highest BCUT2D eigenvalue weighted by Gasteiger charge is 2.06. The van der Waals surface area contributed by atoms with Gasteiger partial charge in [0.05, 0.1) is 6.21 Å². The van der Waals surface area contributed by atoms with E-state index in [0.717, 1.165) is 29.2 Å². The Balaban J connectivity index is 1.39. The van der Waals surface area contributed by atoms with Crippen LogP contribution in [0.25, 0.3) is 21.5 Å². The molecular formula is C29H38N2O. The predicted molar refractivity (Wildman–Crippen MR) is 138 cm³/mol. The summed E-state index contributed by atoms with van der Waals surface area (Å²) >= 11 is 0. The van der Waals surface area contributed by atoms with Gasteiger partial charge in [-0.3, -0.25) is 4.79 Å². The molecule has 0 aliphatic heterocycles. The molecule has 0 heterocycles. The van der Waals surface area contributed by atoms with E-state index < -0.39 is 0 Å². The van der Waals surface area contributed by atoms with Gasteiger partial charge in [0.25, 0.3) is 0 Å². The molecule has 0 aliphatic rings. The van der Waals surface area contributed by atoms with Crippen LogP contribution in [0.1, 0.15) is 89.5 Å². The van der Waals surface area contributed by atoms with Gasteiger partial charge in [-0.2, -0.15) is 5.10 Å². The Hall–Kier alpha value is -2.68. The molecule has 0 atom stereocenters. The van der Waals surface area contributed by atoms with E-state index in [-0.39, 0.29) is 5.91 Å². The van der Waals surface area contributed by atoms with Crippen molar-refractivity contribution in [3.05, 3.63) is 60.2 Å². The van der Waals surface area contributed by atoms with E-state index in [9.17, 15) is 4.79 Å². The summed E-state index contributed by atoms with van der Waals surface area (Å²) in [5.41, 5.74) is 3.78. The number of fused-ring (bicyclic) bond motifs is 2. The van der Waals surface area contributed by atoms with Crippen LogP contribution < -0.4 is 5.43 Å². The standard InChI is InChI=1S/C29H38N2O/c1-2-3-4-5-6-7-8-9-10-11-12-21-29(32)31-30-23-28-26-19-15-13-17-24(26)22-25-18-14-16-20-27(25)28/h13-20,22-23H,2-12,21H2,1H3,(H,31,32). The quantitative estimate of drug-likeness (QED) is 0.119. The van der Waals surface area contributed by atoms with E-state index in [0.29, 0.717) is 6.42 Å². The van der Waals surface area contributed by atoms with E-state index >= 15 is 0 Å². The molecule has 0 aliphatic carbocycles. The number of unbranched alkanes of at least 4 members (excludes halogenated alkanes) is 10. The second-order valence-corrected chi connectivity index (χ2v) is 8.81.